The van der Waals surface area contributed by atoms with Crippen molar-refractivity contribution in [3.8, 4) is 0 Å². The topological polar surface area (TPSA) is 86.8 Å². The van der Waals surface area contributed by atoms with Crippen LogP contribution in [0, 0.1) is 13.8 Å². The van der Waals surface area contributed by atoms with E-state index in [1.54, 1.807) is 56.3 Å². The summed E-state index contributed by atoms with van der Waals surface area (Å²) in [4.78, 5) is 29.1. The molecule has 0 fully saturated rings. The SMILES string of the molecule is CC[C@@H](C)NC(=O)[C@H](CC)N(Cc1c(Cl)cccc1Cl)C(=O)CN(c1cc(Cl)ccc1C)S(=O)(=O)c1ccc(C)cc1. The molecule has 0 heterocycles. The van der Waals surface area contributed by atoms with Crippen LogP contribution in [0.1, 0.15) is 50.3 Å². The Morgan fingerprint density at radius 1 is 0.905 bits per heavy atom. The number of anilines is 1. The smallest absolute Gasteiger partial charge is 0.264 e. The highest BCUT2D eigenvalue weighted by Gasteiger charge is 2.35. The number of benzene rings is 3. The zero-order valence-corrected chi connectivity index (χ0v) is 27.4. The molecule has 3 aromatic carbocycles. The highest BCUT2D eigenvalue weighted by atomic mass is 35.5. The van der Waals surface area contributed by atoms with E-state index >= 15 is 0 Å². The molecule has 0 saturated heterocycles. The molecule has 2 amide bonds. The van der Waals surface area contributed by atoms with Crippen molar-refractivity contribution in [3.63, 3.8) is 0 Å². The van der Waals surface area contributed by atoms with E-state index in [-0.39, 0.29) is 35.5 Å². The molecule has 0 aliphatic rings. The van der Waals surface area contributed by atoms with Crippen LogP contribution in [0.25, 0.3) is 0 Å². The van der Waals surface area contributed by atoms with Crippen LogP contribution in [0.4, 0.5) is 5.69 Å². The largest absolute Gasteiger partial charge is 0.352 e. The average Bonchev–Trinajstić information content (AvgIpc) is 2.94. The lowest BCUT2D eigenvalue weighted by Crippen LogP contribution is -2.53. The molecule has 3 rings (SSSR count). The van der Waals surface area contributed by atoms with Gasteiger partial charge in [-0.1, -0.05) is 78.5 Å². The standard InChI is InChI=1S/C31H36Cl3N3O4S/c1-6-22(5)35-31(39)28(7-2)36(18-25-26(33)9-8-10-27(25)34)30(38)19-37(29-17-23(32)14-13-21(29)4)42(40,41)24-15-11-20(3)12-16-24/h8-17,22,28H,6-7,18-19H2,1-5H3,(H,35,39)/t22-,28+/m1/s1. The number of aryl methyl sites for hydroxylation is 2. The fraction of sp³-hybridized carbons (Fsp3) is 0.355. The lowest BCUT2D eigenvalue weighted by atomic mass is 10.1. The lowest BCUT2D eigenvalue weighted by Gasteiger charge is -2.34. The summed E-state index contributed by atoms with van der Waals surface area (Å²) in [6.07, 6.45) is 0.972. The van der Waals surface area contributed by atoms with Gasteiger partial charge < -0.3 is 10.2 Å². The molecule has 42 heavy (non-hydrogen) atoms. The van der Waals surface area contributed by atoms with Crippen molar-refractivity contribution in [2.75, 3.05) is 10.8 Å². The van der Waals surface area contributed by atoms with Crippen LogP contribution in [0.2, 0.25) is 15.1 Å². The minimum Gasteiger partial charge on any atom is -0.352 e. The number of carbonyl (C=O) groups excluding carboxylic acids is 2. The number of nitrogens with one attached hydrogen (secondary N) is 1. The fourth-order valence-corrected chi connectivity index (χ4v) is 6.57. The summed E-state index contributed by atoms with van der Waals surface area (Å²) in [7, 11) is -4.23. The number of amides is 2. The summed E-state index contributed by atoms with van der Waals surface area (Å²) in [5, 5.41) is 3.91. The zero-order valence-electron chi connectivity index (χ0n) is 24.3. The Bertz CT molecular complexity index is 1510. The van der Waals surface area contributed by atoms with Crippen molar-refractivity contribution < 1.29 is 18.0 Å². The van der Waals surface area contributed by atoms with Crippen molar-refractivity contribution in [1.82, 2.24) is 10.2 Å². The second-order valence-corrected chi connectivity index (χ2v) is 13.3. The van der Waals surface area contributed by atoms with Crippen LogP contribution < -0.4 is 9.62 Å². The molecule has 11 heteroatoms. The van der Waals surface area contributed by atoms with Gasteiger partial charge in [0.1, 0.15) is 12.6 Å². The van der Waals surface area contributed by atoms with E-state index in [4.69, 9.17) is 34.8 Å². The number of hydrogen-bond acceptors (Lipinski definition) is 4. The molecule has 0 unspecified atom stereocenters. The van der Waals surface area contributed by atoms with Crippen LogP contribution >= 0.6 is 34.8 Å². The van der Waals surface area contributed by atoms with Crippen LogP contribution in [0.5, 0.6) is 0 Å². The highest BCUT2D eigenvalue weighted by molar-refractivity contribution is 7.92. The molecule has 7 nitrogen and oxygen atoms in total. The van der Waals surface area contributed by atoms with Gasteiger partial charge in [-0.25, -0.2) is 8.42 Å². The Kier molecular flexibility index (Phi) is 11.7. The third-order valence-corrected chi connectivity index (χ3v) is 9.82. The van der Waals surface area contributed by atoms with Gasteiger partial charge >= 0.3 is 0 Å². The van der Waals surface area contributed by atoms with Gasteiger partial charge in [0.15, 0.2) is 0 Å². The van der Waals surface area contributed by atoms with Crippen molar-refractivity contribution in [2.24, 2.45) is 0 Å². The van der Waals surface area contributed by atoms with Crippen molar-refractivity contribution in [2.45, 2.75) is 71.0 Å². The van der Waals surface area contributed by atoms with Crippen molar-refractivity contribution in [1.29, 1.82) is 0 Å². The van der Waals surface area contributed by atoms with Gasteiger partial charge in [0, 0.05) is 33.2 Å². The molecule has 0 saturated carbocycles. The molecular formula is C31H36Cl3N3O4S. The third kappa shape index (κ3) is 7.98. The first-order chi connectivity index (χ1) is 19.8. The Labute approximate surface area is 263 Å². The molecule has 0 radical (unpaired) electrons. The van der Waals surface area contributed by atoms with Gasteiger partial charge in [-0.3, -0.25) is 13.9 Å². The van der Waals surface area contributed by atoms with Crippen LogP contribution in [0.15, 0.2) is 65.6 Å². The Balaban J connectivity index is 2.14. The van der Waals surface area contributed by atoms with E-state index in [9.17, 15) is 18.0 Å². The molecular weight excluding hydrogens is 617 g/mol. The van der Waals surface area contributed by atoms with Crippen molar-refractivity contribution >= 4 is 62.3 Å². The maximum absolute atomic E-state index is 14.3. The van der Waals surface area contributed by atoms with Gasteiger partial charge in [0.05, 0.1) is 10.6 Å². The fourth-order valence-electron chi connectivity index (χ4n) is 4.42. The number of halogens is 3. The Morgan fingerprint density at radius 3 is 2.10 bits per heavy atom. The van der Waals surface area contributed by atoms with Gasteiger partial charge in [-0.2, -0.15) is 0 Å². The molecule has 0 aliphatic carbocycles. The summed E-state index contributed by atoms with van der Waals surface area (Å²) in [6, 6.07) is 15.2. The van der Waals surface area contributed by atoms with E-state index in [0.29, 0.717) is 32.6 Å². The molecule has 3 aromatic rings. The normalized spacial score (nSPS) is 12.9. The molecule has 226 valence electrons. The molecule has 0 spiro atoms. The first-order valence-corrected chi connectivity index (χ1v) is 16.3. The first-order valence-electron chi connectivity index (χ1n) is 13.7. The van der Waals surface area contributed by atoms with Crippen LogP contribution in [-0.4, -0.2) is 43.8 Å². The lowest BCUT2D eigenvalue weighted by molar-refractivity contribution is -0.140. The van der Waals surface area contributed by atoms with Gasteiger partial charge in [0.2, 0.25) is 11.8 Å². The first kappa shape index (κ1) is 33.7. The van der Waals surface area contributed by atoms with Gasteiger partial charge in [-0.05, 0) is 75.6 Å². The molecule has 0 aliphatic heterocycles. The van der Waals surface area contributed by atoms with Crippen molar-refractivity contribution in [3.05, 3.63) is 92.4 Å². The summed E-state index contributed by atoms with van der Waals surface area (Å²) >= 11 is 19.2. The van der Waals surface area contributed by atoms with E-state index in [1.165, 1.54) is 23.1 Å². The highest BCUT2D eigenvalue weighted by Crippen LogP contribution is 2.31. The molecule has 2 atom stereocenters. The van der Waals surface area contributed by atoms with E-state index in [0.717, 1.165) is 9.87 Å². The van der Waals surface area contributed by atoms with Crippen LogP contribution in [-0.2, 0) is 26.2 Å². The number of hydrogen-bond donors (Lipinski definition) is 1. The number of carbonyl (C=O) groups is 2. The summed E-state index contributed by atoms with van der Waals surface area (Å²) < 4.78 is 29.2. The summed E-state index contributed by atoms with van der Waals surface area (Å²) in [5.74, 6) is -0.956. The molecule has 0 aromatic heterocycles. The maximum Gasteiger partial charge on any atom is 0.264 e. The minimum atomic E-state index is -4.23. The van der Waals surface area contributed by atoms with Crippen LogP contribution in [0.3, 0.4) is 0 Å². The number of nitrogens with zero attached hydrogens (tertiary/aromatic N) is 2. The Morgan fingerprint density at radius 2 is 1.52 bits per heavy atom. The molecule has 1 N–H and O–H groups in total. The zero-order chi connectivity index (χ0) is 31.2. The second-order valence-electron chi connectivity index (χ2n) is 10.2. The van der Waals surface area contributed by atoms with Gasteiger partial charge in [-0.15, -0.1) is 0 Å². The number of sulfonamides is 1. The third-order valence-electron chi connectivity index (χ3n) is 7.10. The van der Waals surface area contributed by atoms with E-state index < -0.39 is 28.5 Å². The molecule has 0 bridgehead atoms. The average molecular weight is 653 g/mol. The predicted octanol–water partition coefficient (Wildman–Crippen LogP) is 7.18. The Hall–Kier alpha value is -2.78. The number of rotatable bonds is 12. The predicted molar refractivity (Wildman–Crippen MR) is 171 cm³/mol. The monoisotopic (exact) mass is 651 g/mol. The quantitative estimate of drug-likeness (QED) is 0.225. The maximum atomic E-state index is 14.3. The minimum absolute atomic E-state index is 0.0162. The second kappa shape index (κ2) is 14.6. The van der Waals surface area contributed by atoms with Gasteiger partial charge in [0.25, 0.3) is 10.0 Å². The van der Waals surface area contributed by atoms with E-state index in [2.05, 4.69) is 5.32 Å². The van der Waals surface area contributed by atoms with E-state index in [1.807, 2.05) is 20.8 Å². The summed E-state index contributed by atoms with van der Waals surface area (Å²) in [6.45, 7) is 8.51. The summed E-state index contributed by atoms with van der Waals surface area (Å²) in [5.41, 5.74) is 2.20.